The van der Waals surface area contributed by atoms with Crippen LogP contribution >= 0.6 is 0 Å². The monoisotopic (exact) mass is 359 g/mol. The molecule has 1 aromatic heterocycles. The molecule has 1 amide bonds. The summed E-state index contributed by atoms with van der Waals surface area (Å²) in [5.41, 5.74) is 0.880. The van der Waals surface area contributed by atoms with Crippen LogP contribution in [0.1, 0.15) is 56.2 Å². The molecule has 0 unspecified atom stereocenters. The second-order valence-corrected chi connectivity index (χ2v) is 8.33. The van der Waals surface area contributed by atoms with Gasteiger partial charge in [0.15, 0.2) is 5.60 Å². The fourth-order valence-corrected chi connectivity index (χ4v) is 4.51. The Balaban J connectivity index is 1.60. The normalized spacial score (nSPS) is 25.1. The highest BCUT2D eigenvalue weighted by molar-refractivity contribution is 5.86. The molecule has 0 spiro atoms. The van der Waals surface area contributed by atoms with Crippen LogP contribution in [0.25, 0.3) is 0 Å². The van der Waals surface area contributed by atoms with Crippen LogP contribution in [0, 0.1) is 12.8 Å². The van der Waals surface area contributed by atoms with Crippen molar-refractivity contribution in [2.24, 2.45) is 5.92 Å². The standard InChI is InChI=1S/C21H33N3O2/c1-17-8-6-12-22-19(17)15-23(2)16-21(26)11-7-13-24(20(21)25)14-18-9-4-3-5-10-18/h6,8,12,18,26H,3-5,7,9-11,13-16H2,1-2H3/t21-/m0/s1. The number of hydrogen-bond acceptors (Lipinski definition) is 4. The largest absolute Gasteiger partial charge is 0.379 e. The first kappa shape index (κ1) is 19.3. The van der Waals surface area contributed by atoms with Gasteiger partial charge < -0.3 is 10.0 Å². The van der Waals surface area contributed by atoms with Gasteiger partial charge in [0.25, 0.3) is 5.91 Å². The third kappa shape index (κ3) is 4.63. The predicted octanol–water partition coefficient (Wildman–Crippen LogP) is 2.76. The number of aliphatic hydroxyl groups is 1. The number of amides is 1. The lowest BCUT2D eigenvalue weighted by atomic mass is 9.86. The molecule has 0 radical (unpaired) electrons. The molecule has 3 rings (SSSR count). The molecule has 0 aromatic carbocycles. The van der Waals surface area contributed by atoms with E-state index in [1.165, 1.54) is 32.1 Å². The SMILES string of the molecule is Cc1cccnc1CN(C)C[C@@]1(O)CCCN(CC2CCCCC2)C1=O. The summed E-state index contributed by atoms with van der Waals surface area (Å²) in [5, 5.41) is 11.1. The molecule has 5 nitrogen and oxygen atoms in total. The Morgan fingerprint density at radius 1 is 1.31 bits per heavy atom. The first-order chi connectivity index (χ1) is 12.5. The van der Waals surface area contributed by atoms with Crippen molar-refractivity contribution in [3.63, 3.8) is 0 Å². The Bertz CT molecular complexity index is 615. The summed E-state index contributed by atoms with van der Waals surface area (Å²) >= 11 is 0. The van der Waals surface area contributed by atoms with Crippen LogP contribution in [0.2, 0.25) is 0 Å². The summed E-state index contributed by atoms with van der Waals surface area (Å²) in [6.45, 7) is 4.67. The van der Waals surface area contributed by atoms with Crippen molar-refractivity contribution in [1.29, 1.82) is 0 Å². The van der Waals surface area contributed by atoms with Crippen molar-refractivity contribution in [1.82, 2.24) is 14.8 Å². The zero-order chi connectivity index (χ0) is 18.6. The molecule has 1 aliphatic heterocycles. The second-order valence-electron chi connectivity index (χ2n) is 8.33. The number of pyridine rings is 1. The van der Waals surface area contributed by atoms with E-state index in [2.05, 4.69) is 4.98 Å². The fourth-order valence-electron chi connectivity index (χ4n) is 4.51. The van der Waals surface area contributed by atoms with Crippen LogP contribution in [-0.4, -0.2) is 58.1 Å². The summed E-state index contributed by atoms with van der Waals surface area (Å²) in [4.78, 5) is 21.4. The number of carbonyl (C=O) groups is 1. The van der Waals surface area contributed by atoms with E-state index in [0.29, 0.717) is 25.4 Å². The quantitative estimate of drug-likeness (QED) is 0.848. The van der Waals surface area contributed by atoms with Gasteiger partial charge in [-0.25, -0.2) is 0 Å². The van der Waals surface area contributed by atoms with Crippen molar-refractivity contribution in [2.75, 3.05) is 26.7 Å². The molecular formula is C21H33N3O2. The summed E-state index contributed by atoms with van der Waals surface area (Å²) in [5.74, 6) is 0.544. The average molecular weight is 360 g/mol. The fraction of sp³-hybridized carbons (Fsp3) is 0.714. The number of rotatable bonds is 6. The molecule has 5 heteroatoms. The van der Waals surface area contributed by atoms with Crippen LogP contribution in [0.4, 0.5) is 0 Å². The van der Waals surface area contributed by atoms with Crippen molar-refractivity contribution >= 4 is 5.91 Å². The Hall–Kier alpha value is -1.46. The Morgan fingerprint density at radius 3 is 2.81 bits per heavy atom. The molecule has 1 atom stereocenters. The van der Waals surface area contributed by atoms with Gasteiger partial charge in [0, 0.05) is 32.4 Å². The minimum absolute atomic E-state index is 0.0704. The number of hydrogen-bond donors (Lipinski definition) is 1. The number of piperidine rings is 1. The molecule has 2 heterocycles. The maximum atomic E-state index is 13.0. The van der Waals surface area contributed by atoms with Crippen molar-refractivity contribution < 1.29 is 9.90 Å². The van der Waals surface area contributed by atoms with E-state index in [4.69, 9.17) is 0 Å². The number of likely N-dealkylation sites (tertiary alicyclic amines) is 1. The third-order valence-electron chi connectivity index (χ3n) is 5.98. The van der Waals surface area contributed by atoms with Crippen LogP contribution in [0.5, 0.6) is 0 Å². The van der Waals surface area contributed by atoms with Gasteiger partial charge in [0.2, 0.25) is 0 Å². The summed E-state index contributed by atoms with van der Waals surface area (Å²) in [6, 6.07) is 3.97. The molecule has 144 valence electrons. The van der Waals surface area contributed by atoms with E-state index >= 15 is 0 Å². The molecule has 26 heavy (non-hydrogen) atoms. The van der Waals surface area contributed by atoms with Crippen LogP contribution in [0.15, 0.2) is 18.3 Å². The molecule has 1 saturated heterocycles. The van der Waals surface area contributed by atoms with Gasteiger partial charge in [0.05, 0.1) is 5.69 Å². The van der Waals surface area contributed by atoms with E-state index < -0.39 is 5.60 Å². The predicted molar refractivity (Wildman–Crippen MR) is 103 cm³/mol. The molecule has 0 bridgehead atoms. The van der Waals surface area contributed by atoms with Gasteiger partial charge in [-0.2, -0.15) is 0 Å². The number of aromatic nitrogens is 1. The number of aryl methyl sites for hydroxylation is 1. The van der Waals surface area contributed by atoms with Gasteiger partial charge >= 0.3 is 0 Å². The summed E-state index contributed by atoms with van der Waals surface area (Å²) in [7, 11) is 1.96. The number of likely N-dealkylation sites (N-methyl/N-ethyl adjacent to an activating group) is 1. The topological polar surface area (TPSA) is 56.7 Å². The van der Waals surface area contributed by atoms with Gasteiger partial charge in [-0.05, 0) is 57.2 Å². The van der Waals surface area contributed by atoms with Gasteiger partial charge in [-0.3, -0.25) is 14.7 Å². The summed E-state index contributed by atoms with van der Waals surface area (Å²) in [6.07, 6.45) is 9.56. The average Bonchev–Trinajstić information content (AvgIpc) is 2.62. The second kappa shape index (κ2) is 8.49. The lowest BCUT2D eigenvalue weighted by Crippen LogP contribution is -2.58. The van der Waals surface area contributed by atoms with Gasteiger partial charge in [0.1, 0.15) is 0 Å². The van der Waals surface area contributed by atoms with Crippen LogP contribution in [0.3, 0.4) is 0 Å². The number of nitrogens with zero attached hydrogens (tertiary/aromatic N) is 3. The van der Waals surface area contributed by atoms with Crippen molar-refractivity contribution in [3.05, 3.63) is 29.6 Å². The van der Waals surface area contributed by atoms with E-state index in [-0.39, 0.29) is 5.91 Å². The van der Waals surface area contributed by atoms with Gasteiger partial charge in [-0.1, -0.05) is 25.3 Å². The molecule has 1 aliphatic carbocycles. The maximum Gasteiger partial charge on any atom is 0.255 e. The molecule has 2 fully saturated rings. The van der Waals surface area contributed by atoms with Crippen LogP contribution < -0.4 is 0 Å². The highest BCUT2D eigenvalue weighted by Gasteiger charge is 2.43. The molecule has 2 aliphatic rings. The van der Waals surface area contributed by atoms with Crippen LogP contribution in [-0.2, 0) is 11.3 Å². The smallest absolute Gasteiger partial charge is 0.255 e. The van der Waals surface area contributed by atoms with E-state index in [0.717, 1.165) is 30.8 Å². The van der Waals surface area contributed by atoms with E-state index in [1.54, 1.807) is 6.20 Å². The third-order valence-corrected chi connectivity index (χ3v) is 5.98. The summed E-state index contributed by atoms with van der Waals surface area (Å²) < 4.78 is 0. The van der Waals surface area contributed by atoms with Gasteiger partial charge in [-0.15, -0.1) is 0 Å². The molecule has 1 N–H and O–H groups in total. The Morgan fingerprint density at radius 2 is 2.08 bits per heavy atom. The molecule has 1 saturated carbocycles. The number of carbonyl (C=O) groups excluding carboxylic acids is 1. The zero-order valence-corrected chi connectivity index (χ0v) is 16.3. The highest BCUT2D eigenvalue weighted by Crippen LogP contribution is 2.29. The highest BCUT2D eigenvalue weighted by atomic mass is 16.3. The van der Waals surface area contributed by atoms with Crippen molar-refractivity contribution in [3.8, 4) is 0 Å². The van der Waals surface area contributed by atoms with E-state index in [1.807, 2.05) is 35.9 Å². The Kier molecular flexibility index (Phi) is 6.30. The zero-order valence-electron chi connectivity index (χ0n) is 16.3. The molecule has 1 aromatic rings. The first-order valence-corrected chi connectivity index (χ1v) is 10.1. The lowest BCUT2D eigenvalue weighted by molar-refractivity contribution is -0.160. The minimum Gasteiger partial charge on any atom is -0.379 e. The first-order valence-electron chi connectivity index (χ1n) is 10.1. The minimum atomic E-state index is -1.26. The van der Waals surface area contributed by atoms with Crippen molar-refractivity contribution in [2.45, 2.75) is 64.0 Å². The Labute approximate surface area is 157 Å². The maximum absolute atomic E-state index is 13.0. The molecular weight excluding hydrogens is 326 g/mol. The van der Waals surface area contributed by atoms with E-state index in [9.17, 15) is 9.90 Å². The lowest BCUT2D eigenvalue weighted by Gasteiger charge is -2.41.